The number of methoxy groups -OCH3 is 1. The summed E-state index contributed by atoms with van der Waals surface area (Å²) in [7, 11) is 1.76. The Balaban J connectivity index is 0.000000960. The minimum absolute atomic E-state index is 0. The smallest absolute Gasteiger partial charge is 1.00 e. The second kappa shape index (κ2) is 7.38. The van der Waals surface area contributed by atoms with Gasteiger partial charge in [0, 0.05) is 0 Å². The number of rotatable bonds is 2. The molecule has 0 aliphatic heterocycles. The second-order valence-electron chi connectivity index (χ2n) is 5.49. The zero-order valence-electron chi connectivity index (χ0n) is 12.6. The molecule has 0 aromatic heterocycles. The van der Waals surface area contributed by atoms with Gasteiger partial charge in [0.2, 0.25) is 0 Å². The van der Waals surface area contributed by atoms with Gasteiger partial charge in [-0.2, -0.15) is 0 Å². The zero-order valence-corrected chi connectivity index (χ0v) is 16.6. The molecule has 2 aromatic rings. The number of hydrogen-bond donors (Lipinski definition) is 0. The van der Waals surface area contributed by atoms with Gasteiger partial charge < -0.3 is 24.8 Å². The molecule has 4 rings (SSSR count). The number of hydrogen-bond acceptors (Lipinski definition) is 1. The number of fused-ring (bicyclic) bond motifs is 3. The van der Waals surface area contributed by atoms with E-state index >= 15 is 0 Å². The first kappa shape index (κ1) is 18.5. The molecule has 0 radical (unpaired) electrons. The summed E-state index contributed by atoms with van der Waals surface area (Å²) >= 11 is 1.53. The molecule has 0 heterocycles. The first-order chi connectivity index (χ1) is 10.3. The van der Waals surface area contributed by atoms with Crippen LogP contribution in [0, 0.1) is 0 Å². The van der Waals surface area contributed by atoms with Crippen LogP contribution in [0.15, 0.2) is 63.5 Å². The molecule has 0 fully saturated rings. The summed E-state index contributed by atoms with van der Waals surface area (Å²) in [5, 5.41) is 0. The van der Waals surface area contributed by atoms with Crippen molar-refractivity contribution in [2.45, 2.75) is 12.3 Å². The average molecular weight is 421 g/mol. The molecular formula is C19H15Cl2OZr. The summed E-state index contributed by atoms with van der Waals surface area (Å²) in [6.07, 6.45) is 5.73. The van der Waals surface area contributed by atoms with Crippen molar-refractivity contribution in [3.8, 4) is 16.9 Å². The Labute approximate surface area is 164 Å². The van der Waals surface area contributed by atoms with Crippen molar-refractivity contribution >= 4 is 0 Å². The zero-order chi connectivity index (χ0) is 14.4. The van der Waals surface area contributed by atoms with E-state index in [2.05, 4.69) is 54.6 Å². The van der Waals surface area contributed by atoms with E-state index in [0.29, 0.717) is 5.92 Å². The quantitative estimate of drug-likeness (QED) is 0.579. The van der Waals surface area contributed by atoms with Crippen LogP contribution in [0.1, 0.15) is 23.5 Å². The Morgan fingerprint density at radius 1 is 1.00 bits per heavy atom. The van der Waals surface area contributed by atoms with Gasteiger partial charge in [0.1, 0.15) is 0 Å². The normalized spacial score (nSPS) is 17.3. The van der Waals surface area contributed by atoms with E-state index in [1.165, 1.54) is 52.5 Å². The van der Waals surface area contributed by atoms with Crippen molar-refractivity contribution in [3.63, 3.8) is 0 Å². The summed E-state index contributed by atoms with van der Waals surface area (Å²) in [4.78, 5) is 0. The van der Waals surface area contributed by atoms with E-state index in [1.54, 1.807) is 10.4 Å². The Kier molecular flexibility index (Phi) is 5.95. The van der Waals surface area contributed by atoms with Gasteiger partial charge in [0.25, 0.3) is 0 Å². The molecule has 4 heteroatoms. The van der Waals surface area contributed by atoms with Crippen molar-refractivity contribution in [3.05, 3.63) is 74.6 Å². The van der Waals surface area contributed by atoms with Gasteiger partial charge in [-0.15, -0.1) is 0 Å². The van der Waals surface area contributed by atoms with Gasteiger partial charge in [-0.25, -0.2) is 0 Å². The van der Waals surface area contributed by atoms with Crippen LogP contribution in [0.5, 0.6) is 5.75 Å². The summed E-state index contributed by atoms with van der Waals surface area (Å²) < 4.78 is 7.19. The van der Waals surface area contributed by atoms with E-state index < -0.39 is 0 Å². The predicted octanol–water partition coefficient (Wildman–Crippen LogP) is -1.42. The van der Waals surface area contributed by atoms with Crippen molar-refractivity contribution in [1.82, 2.24) is 0 Å². The van der Waals surface area contributed by atoms with Crippen LogP contribution in [-0.4, -0.2) is 7.11 Å². The van der Waals surface area contributed by atoms with E-state index in [-0.39, 0.29) is 24.8 Å². The van der Waals surface area contributed by atoms with E-state index in [4.69, 9.17) is 4.74 Å². The average Bonchev–Trinajstić information content (AvgIpc) is 3.07. The molecule has 0 bridgehead atoms. The topological polar surface area (TPSA) is 9.23 Å². The molecular weight excluding hydrogens is 406 g/mol. The molecule has 2 aromatic carbocycles. The maximum Gasteiger partial charge on any atom is -1.00 e. The Bertz CT molecular complexity index is 796. The standard InChI is InChI=1S/C19H15O.2ClH.Zr/c1-20-17-12-6-11-16-18(13-7-2-3-8-13)14-9-4-5-10-15(14)19(16)17;;;/h2,4-7,9-12,18H,3H2,1H3;2*1H;/q;;;+2/p-2. The monoisotopic (exact) mass is 419 g/mol. The van der Waals surface area contributed by atoms with Crippen LogP contribution in [0.3, 0.4) is 0 Å². The van der Waals surface area contributed by atoms with Crippen LogP contribution in [0.4, 0.5) is 0 Å². The molecule has 1 atom stereocenters. The fourth-order valence-corrected chi connectivity index (χ4v) is 4.37. The molecule has 0 N–H and O–H groups in total. The fourth-order valence-electron chi connectivity index (χ4n) is 3.52. The number of benzene rings is 2. The van der Waals surface area contributed by atoms with Crippen molar-refractivity contribution < 1.29 is 54.3 Å². The number of ether oxygens (including phenoxy) is 1. The molecule has 2 aliphatic rings. The molecule has 0 spiro atoms. The van der Waals surface area contributed by atoms with E-state index in [1.807, 2.05) is 0 Å². The minimum atomic E-state index is 0. The Morgan fingerprint density at radius 2 is 1.74 bits per heavy atom. The maximum atomic E-state index is 5.62. The molecule has 23 heavy (non-hydrogen) atoms. The van der Waals surface area contributed by atoms with Gasteiger partial charge >= 0.3 is 140 Å². The Hall–Kier alpha value is -0.817. The summed E-state index contributed by atoms with van der Waals surface area (Å²) in [6, 6.07) is 15.2. The number of allylic oxidation sites excluding steroid dienone is 4. The summed E-state index contributed by atoms with van der Waals surface area (Å²) in [5.74, 6) is 1.36. The predicted molar refractivity (Wildman–Crippen MR) is 81.1 cm³/mol. The summed E-state index contributed by atoms with van der Waals surface area (Å²) in [5.41, 5.74) is 6.89. The van der Waals surface area contributed by atoms with Gasteiger partial charge in [-0.3, -0.25) is 0 Å². The third-order valence-corrected chi connectivity index (χ3v) is 5.62. The third-order valence-electron chi connectivity index (χ3n) is 4.41. The molecule has 115 valence electrons. The van der Waals surface area contributed by atoms with Crippen LogP contribution < -0.4 is 29.6 Å². The number of halogens is 2. The van der Waals surface area contributed by atoms with Crippen LogP contribution in [0.2, 0.25) is 0 Å². The maximum absolute atomic E-state index is 5.62. The second-order valence-corrected chi connectivity index (χ2v) is 6.97. The molecule has 0 saturated carbocycles. The molecule has 1 nitrogen and oxygen atoms in total. The van der Waals surface area contributed by atoms with E-state index in [0.717, 1.165) is 12.2 Å². The first-order valence-electron chi connectivity index (χ1n) is 7.18. The minimum Gasteiger partial charge on any atom is -1.00 e. The fraction of sp³-hybridized carbons (Fsp3) is 0.158. The van der Waals surface area contributed by atoms with Gasteiger partial charge in [0.05, 0.1) is 0 Å². The van der Waals surface area contributed by atoms with Gasteiger partial charge in [0.15, 0.2) is 0 Å². The van der Waals surface area contributed by atoms with Crippen molar-refractivity contribution in [1.29, 1.82) is 0 Å². The molecule has 0 saturated heterocycles. The van der Waals surface area contributed by atoms with Gasteiger partial charge in [-0.1, -0.05) is 0 Å². The SMILES string of the molecule is COc1cccc2c1-c1ccccc1C2C1=[C]([Zr+2])CC=C1.[Cl-].[Cl-]. The summed E-state index contributed by atoms with van der Waals surface area (Å²) in [6.45, 7) is 0. The largest absolute Gasteiger partial charge is 1.00 e. The van der Waals surface area contributed by atoms with Crippen LogP contribution >= 0.6 is 0 Å². The van der Waals surface area contributed by atoms with E-state index in [9.17, 15) is 0 Å². The molecule has 2 aliphatic carbocycles. The van der Waals surface area contributed by atoms with Crippen molar-refractivity contribution in [2.75, 3.05) is 7.11 Å². The third kappa shape index (κ3) is 2.86. The Morgan fingerprint density at radius 3 is 2.43 bits per heavy atom. The first-order valence-corrected chi connectivity index (χ1v) is 8.41. The molecule has 0 amide bonds. The van der Waals surface area contributed by atoms with Crippen molar-refractivity contribution in [2.24, 2.45) is 0 Å². The van der Waals surface area contributed by atoms with Crippen LogP contribution in [0.25, 0.3) is 11.1 Å². The molecule has 1 unspecified atom stereocenters. The van der Waals surface area contributed by atoms with Crippen LogP contribution in [-0.2, 0) is 24.7 Å². The van der Waals surface area contributed by atoms with Gasteiger partial charge in [-0.05, 0) is 0 Å².